The Labute approximate surface area is 124 Å². The van der Waals surface area contributed by atoms with Crippen molar-refractivity contribution in [2.45, 2.75) is 26.2 Å². The van der Waals surface area contributed by atoms with Gasteiger partial charge in [-0.1, -0.05) is 66.1 Å². The van der Waals surface area contributed by atoms with E-state index >= 15 is 0 Å². The van der Waals surface area contributed by atoms with Crippen LogP contribution in [0.2, 0.25) is 5.02 Å². The zero-order valence-electron chi connectivity index (χ0n) is 10.9. The predicted octanol–water partition coefficient (Wildman–Crippen LogP) is 5.76. The minimum absolute atomic E-state index is 0.422. The summed E-state index contributed by atoms with van der Waals surface area (Å²) in [6.07, 6.45) is 9.88. The molecule has 0 bridgehead atoms. The lowest BCUT2D eigenvalue weighted by Crippen LogP contribution is -2.04. The summed E-state index contributed by atoms with van der Waals surface area (Å²) < 4.78 is 0. The summed E-state index contributed by atoms with van der Waals surface area (Å²) in [5, 5.41) is 1.73. The topological polar surface area (TPSA) is 0 Å². The van der Waals surface area contributed by atoms with Crippen LogP contribution in [0.1, 0.15) is 30.9 Å². The van der Waals surface area contributed by atoms with Gasteiger partial charge in [0.2, 0.25) is 0 Å². The zero-order chi connectivity index (χ0) is 13.4. The highest BCUT2D eigenvalue weighted by atomic mass is 35.5. The maximum atomic E-state index is 6.55. The van der Waals surface area contributed by atoms with Crippen LogP contribution in [-0.4, -0.2) is 0 Å². The zero-order valence-corrected chi connectivity index (χ0v) is 12.4. The molecule has 0 heterocycles. The van der Waals surface area contributed by atoms with Crippen LogP contribution in [0.25, 0.3) is 5.03 Å². The standard InChI is InChI=1S/C17H16Cl2/c1-2-11-6-8-12(9-7-11)14-10-15-13(17(14)19)4-3-5-16(15)18/h3-8,12H,2,9-10H2,1H3. The Balaban J connectivity index is 1.90. The summed E-state index contributed by atoms with van der Waals surface area (Å²) in [4.78, 5) is 0. The van der Waals surface area contributed by atoms with Crippen LogP contribution >= 0.6 is 23.2 Å². The Hall–Kier alpha value is -0.980. The van der Waals surface area contributed by atoms with E-state index in [1.165, 1.54) is 16.7 Å². The SMILES string of the molecule is CCC1=CCC(C2=C(Cl)c3cccc(Cl)c3C2)C=C1. The average Bonchev–Trinajstić information content (AvgIpc) is 2.78. The number of hydrogen-bond donors (Lipinski definition) is 0. The van der Waals surface area contributed by atoms with E-state index in [1.807, 2.05) is 12.1 Å². The molecule has 0 radical (unpaired) electrons. The molecular formula is C17H16Cl2. The lowest BCUT2D eigenvalue weighted by Gasteiger charge is -2.17. The van der Waals surface area contributed by atoms with Crippen LogP contribution in [0.4, 0.5) is 0 Å². The van der Waals surface area contributed by atoms with E-state index in [0.717, 1.165) is 34.9 Å². The minimum Gasteiger partial charge on any atom is -0.0840 e. The second-order valence-electron chi connectivity index (χ2n) is 5.12. The summed E-state index contributed by atoms with van der Waals surface area (Å²) in [6.45, 7) is 2.19. The normalized spacial score (nSPS) is 21.6. The molecule has 1 atom stereocenters. The number of rotatable bonds is 2. The first-order chi connectivity index (χ1) is 9.20. The first-order valence-corrected chi connectivity index (χ1v) is 7.49. The molecule has 2 aliphatic carbocycles. The van der Waals surface area contributed by atoms with E-state index in [-0.39, 0.29) is 0 Å². The molecule has 0 spiro atoms. The van der Waals surface area contributed by atoms with Gasteiger partial charge in [0.25, 0.3) is 0 Å². The third-order valence-corrected chi connectivity index (χ3v) is 4.84. The quantitative estimate of drug-likeness (QED) is 0.650. The highest BCUT2D eigenvalue weighted by molar-refractivity contribution is 6.50. The first-order valence-electron chi connectivity index (χ1n) is 6.74. The van der Waals surface area contributed by atoms with Crippen molar-refractivity contribution in [2.24, 2.45) is 5.92 Å². The van der Waals surface area contributed by atoms with E-state index in [2.05, 4.69) is 31.2 Å². The fourth-order valence-electron chi connectivity index (χ4n) is 2.86. The molecule has 0 aromatic heterocycles. The van der Waals surface area contributed by atoms with Gasteiger partial charge in [0.1, 0.15) is 0 Å². The highest BCUT2D eigenvalue weighted by Crippen LogP contribution is 2.43. The van der Waals surface area contributed by atoms with Crippen molar-refractivity contribution >= 4 is 28.2 Å². The second-order valence-corrected chi connectivity index (χ2v) is 5.90. The fourth-order valence-corrected chi connectivity index (χ4v) is 3.49. The minimum atomic E-state index is 0.422. The molecule has 0 fully saturated rings. The maximum Gasteiger partial charge on any atom is 0.0483 e. The molecular weight excluding hydrogens is 275 g/mol. The predicted molar refractivity (Wildman–Crippen MR) is 83.6 cm³/mol. The van der Waals surface area contributed by atoms with Gasteiger partial charge >= 0.3 is 0 Å². The molecule has 19 heavy (non-hydrogen) atoms. The Morgan fingerprint density at radius 3 is 2.74 bits per heavy atom. The third kappa shape index (κ3) is 2.28. The molecule has 0 aliphatic heterocycles. The van der Waals surface area contributed by atoms with Gasteiger partial charge in [-0.25, -0.2) is 0 Å². The van der Waals surface area contributed by atoms with Crippen molar-refractivity contribution in [3.05, 3.63) is 63.7 Å². The van der Waals surface area contributed by atoms with Gasteiger partial charge in [-0.2, -0.15) is 0 Å². The van der Waals surface area contributed by atoms with Crippen molar-refractivity contribution in [2.75, 3.05) is 0 Å². The second kappa shape index (κ2) is 5.19. The van der Waals surface area contributed by atoms with Crippen LogP contribution in [-0.2, 0) is 6.42 Å². The van der Waals surface area contributed by atoms with Gasteiger partial charge in [0.05, 0.1) is 0 Å². The fraction of sp³-hybridized carbons (Fsp3) is 0.294. The molecule has 0 N–H and O–H groups in total. The van der Waals surface area contributed by atoms with E-state index in [1.54, 1.807) is 0 Å². The smallest absolute Gasteiger partial charge is 0.0483 e. The van der Waals surface area contributed by atoms with Crippen LogP contribution in [0.3, 0.4) is 0 Å². The third-order valence-electron chi connectivity index (χ3n) is 4.04. The Kier molecular flexibility index (Phi) is 3.56. The molecule has 0 saturated heterocycles. The van der Waals surface area contributed by atoms with Gasteiger partial charge < -0.3 is 0 Å². The van der Waals surface area contributed by atoms with Crippen molar-refractivity contribution in [3.8, 4) is 0 Å². The molecule has 0 amide bonds. The van der Waals surface area contributed by atoms with E-state index in [4.69, 9.17) is 23.2 Å². The number of benzene rings is 1. The van der Waals surface area contributed by atoms with E-state index in [0.29, 0.717) is 5.92 Å². The number of fused-ring (bicyclic) bond motifs is 1. The van der Waals surface area contributed by atoms with Crippen LogP contribution in [0.5, 0.6) is 0 Å². The molecule has 0 nitrogen and oxygen atoms in total. The van der Waals surface area contributed by atoms with Crippen LogP contribution in [0.15, 0.2) is 47.6 Å². The highest BCUT2D eigenvalue weighted by Gasteiger charge is 2.26. The van der Waals surface area contributed by atoms with E-state index in [9.17, 15) is 0 Å². The lowest BCUT2D eigenvalue weighted by molar-refractivity contribution is 0.742. The molecule has 0 saturated carbocycles. The summed E-state index contributed by atoms with van der Waals surface area (Å²) in [7, 11) is 0. The van der Waals surface area contributed by atoms with Crippen molar-refractivity contribution in [1.29, 1.82) is 0 Å². The first kappa shape index (κ1) is 13.0. The Morgan fingerprint density at radius 2 is 2.11 bits per heavy atom. The largest absolute Gasteiger partial charge is 0.0840 e. The summed E-state index contributed by atoms with van der Waals surface area (Å²) in [5.41, 5.74) is 5.03. The van der Waals surface area contributed by atoms with Crippen molar-refractivity contribution in [3.63, 3.8) is 0 Å². The Bertz CT molecular complexity index is 606. The summed E-state index contributed by atoms with van der Waals surface area (Å²) in [5.74, 6) is 0.422. The Morgan fingerprint density at radius 1 is 1.26 bits per heavy atom. The molecule has 2 aliphatic rings. The van der Waals surface area contributed by atoms with Gasteiger partial charge in [-0.15, -0.1) is 0 Å². The van der Waals surface area contributed by atoms with Crippen molar-refractivity contribution < 1.29 is 0 Å². The molecule has 2 heteroatoms. The van der Waals surface area contributed by atoms with Crippen molar-refractivity contribution in [1.82, 2.24) is 0 Å². The number of allylic oxidation sites excluding steroid dienone is 5. The number of halogens is 2. The monoisotopic (exact) mass is 290 g/mol. The summed E-state index contributed by atoms with van der Waals surface area (Å²) in [6, 6.07) is 5.98. The van der Waals surface area contributed by atoms with E-state index < -0.39 is 0 Å². The molecule has 3 rings (SSSR count). The van der Waals surface area contributed by atoms with Crippen LogP contribution in [0, 0.1) is 5.92 Å². The van der Waals surface area contributed by atoms with Gasteiger partial charge in [0.15, 0.2) is 0 Å². The molecule has 1 aromatic carbocycles. The molecule has 1 aromatic rings. The van der Waals surface area contributed by atoms with Crippen LogP contribution < -0.4 is 0 Å². The van der Waals surface area contributed by atoms with Gasteiger partial charge in [0, 0.05) is 16.0 Å². The lowest BCUT2D eigenvalue weighted by atomic mass is 9.88. The average molecular weight is 291 g/mol. The van der Waals surface area contributed by atoms with Gasteiger partial charge in [-0.05, 0) is 42.0 Å². The molecule has 98 valence electrons. The maximum absolute atomic E-state index is 6.55. The molecule has 1 unspecified atom stereocenters. The summed E-state index contributed by atoms with van der Waals surface area (Å²) >= 11 is 12.8. The van der Waals surface area contributed by atoms with Gasteiger partial charge in [-0.3, -0.25) is 0 Å². The number of hydrogen-bond acceptors (Lipinski definition) is 0.